The fraction of sp³-hybridized carbons (Fsp3) is 0.200. The quantitative estimate of drug-likeness (QED) is 0.856. The molecule has 1 aromatic carbocycles. The van der Waals surface area contributed by atoms with Gasteiger partial charge in [0.2, 0.25) is 5.96 Å². The molecule has 2 N–H and O–H groups in total. The van der Waals surface area contributed by atoms with E-state index in [1.165, 1.54) is 12.1 Å². The molecular weight excluding hydrogens is 333 g/mol. The van der Waals surface area contributed by atoms with Crippen LogP contribution in [0.5, 0.6) is 0 Å². The van der Waals surface area contributed by atoms with Gasteiger partial charge < -0.3 is 5.32 Å². The predicted molar refractivity (Wildman–Crippen MR) is 86.8 cm³/mol. The lowest BCUT2D eigenvalue weighted by atomic mass is 10.3. The van der Waals surface area contributed by atoms with Crippen molar-refractivity contribution in [3.05, 3.63) is 60.2 Å². The molecule has 3 rings (SSSR count). The van der Waals surface area contributed by atoms with Gasteiger partial charge in [-0.1, -0.05) is 6.07 Å². The van der Waals surface area contributed by atoms with Gasteiger partial charge in [-0.2, -0.15) is 0 Å². The van der Waals surface area contributed by atoms with Crippen molar-refractivity contribution < 1.29 is 12.8 Å². The van der Waals surface area contributed by atoms with E-state index in [0.29, 0.717) is 19.9 Å². The number of guanidine groups is 1. The number of halogens is 1. The van der Waals surface area contributed by atoms with Crippen LogP contribution >= 0.6 is 0 Å². The minimum Gasteiger partial charge on any atom is -0.343 e. The minimum absolute atomic E-state index is 0.0220. The average molecular weight is 349 g/mol. The zero-order valence-electron chi connectivity index (χ0n) is 12.7. The SMILES string of the molecule is O=S(=O)(NC1=NCN(Cc2cccnc2)CN1)c1ccc(F)cc1. The van der Waals surface area contributed by atoms with Crippen molar-refractivity contribution in [1.82, 2.24) is 19.9 Å². The Labute approximate surface area is 139 Å². The summed E-state index contributed by atoms with van der Waals surface area (Å²) in [5.74, 6) is -0.324. The van der Waals surface area contributed by atoms with Gasteiger partial charge in [0, 0.05) is 18.9 Å². The second-order valence-electron chi connectivity index (χ2n) is 5.23. The molecule has 1 aromatic heterocycles. The summed E-state index contributed by atoms with van der Waals surface area (Å²) < 4.78 is 39.7. The van der Waals surface area contributed by atoms with Crippen LogP contribution in [0.2, 0.25) is 0 Å². The first kappa shape index (κ1) is 16.3. The molecule has 0 atom stereocenters. The van der Waals surface area contributed by atoms with Crippen LogP contribution in [0.3, 0.4) is 0 Å². The van der Waals surface area contributed by atoms with Gasteiger partial charge in [0.15, 0.2) is 0 Å². The molecule has 2 heterocycles. The maximum atomic E-state index is 12.9. The van der Waals surface area contributed by atoms with E-state index in [1.807, 2.05) is 17.0 Å². The summed E-state index contributed by atoms with van der Waals surface area (Å²) in [5, 5.41) is 2.92. The average Bonchev–Trinajstić information content (AvgIpc) is 2.58. The maximum absolute atomic E-state index is 12.9. The van der Waals surface area contributed by atoms with Gasteiger partial charge in [0.05, 0.1) is 18.2 Å². The molecule has 0 unspecified atom stereocenters. The highest BCUT2D eigenvalue weighted by Gasteiger charge is 2.19. The molecule has 9 heteroatoms. The van der Waals surface area contributed by atoms with Gasteiger partial charge >= 0.3 is 0 Å². The lowest BCUT2D eigenvalue weighted by Crippen LogP contribution is -2.49. The van der Waals surface area contributed by atoms with Crippen molar-refractivity contribution in [3.63, 3.8) is 0 Å². The minimum atomic E-state index is -3.79. The Morgan fingerprint density at radius 1 is 1.25 bits per heavy atom. The molecule has 1 aliphatic rings. The summed E-state index contributed by atoms with van der Waals surface area (Å²) >= 11 is 0. The maximum Gasteiger partial charge on any atom is 0.264 e. The summed E-state index contributed by atoms with van der Waals surface area (Å²) in [6, 6.07) is 8.42. The van der Waals surface area contributed by atoms with Gasteiger partial charge in [0.1, 0.15) is 5.82 Å². The van der Waals surface area contributed by atoms with Crippen LogP contribution in [0.25, 0.3) is 0 Å². The number of aliphatic imine (C=N–C) groups is 1. The van der Waals surface area contributed by atoms with E-state index in [-0.39, 0.29) is 10.9 Å². The Kier molecular flexibility index (Phi) is 4.72. The lowest BCUT2D eigenvalue weighted by molar-refractivity contribution is 0.255. The third-order valence-electron chi connectivity index (χ3n) is 3.38. The van der Waals surface area contributed by atoms with Gasteiger partial charge in [0.25, 0.3) is 10.0 Å². The highest BCUT2D eigenvalue weighted by molar-refractivity contribution is 7.90. The van der Waals surface area contributed by atoms with E-state index < -0.39 is 15.8 Å². The van der Waals surface area contributed by atoms with Crippen LogP contribution in [0.1, 0.15) is 5.56 Å². The monoisotopic (exact) mass is 349 g/mol. The van der Waals surface area contributed by atoms with E-state index in [2.05, 4.69) is 20.0 Å². The van der Waals surface area contributed by atoms with Crippen LogP contribution in [-0.4, -0.2) is 37.6 Å². The third kappa shape index (κ3) is 4.06. The molecule has 0 saturated carbocycles. The van der Waals surface area contributed by atoms with E-state index >= 15 is 0 Å². The highest BCUT2D eigenvalue weighted by atomic mass is 32.2. The first-order chi connectivity index (χ1) is 11.5. The van der Waals surface area contributed by atoms with Crippen LogP contribution < -0.4 is 10.0 Å². The number of sulfonamides is 1. The van der Waals surface area contributed by atoms with Crippen LogP contribution in [0, 0.1) is 5.82 Å². The third-order valence-corrected chi connectivity index (χ3v) is 4.74. The van der Waals surface area contributed by atoms with E-state index in [0.717, 1.165) is 17.7 Å². The molecular formula is C15H16FN5O2S. The van der Waals surface area contributed by atoms with Crippen LogP contribution in [-0.2, 0) is 16.6 Å². The smallest absolute Gasteiger partial charge is 0.264 e. The van der Waals surface area contributed by atoms with Gasteiger partial charge in [-0.15, -0.1) is 0 Å². The molecule has 7 nitrogen and oxygen atoms in total. The predicted octanol–water partition coefficient (Wildman–Crippen LogP) is 0.875. The summed E-state index contributed by atoms with van der Waals surface area (Å²) in [6.07, 6.45) is 3.48. The molecule has 126 valence electrons. The molecule has 0 bridgehead atoms. The lowest BCUT2D eigenvalue weighted by Gasteiger charge is -2.26. The molecule has 0 saturated heterocycles. The number of aromatic nitrogens is 1. The van der Waals surface area contributed by atoms with E-state index in [1.54, 1.807) is 12.4 Å². The zero-order valence-corrected chi connectivity index (χ0v) is 13.5. The zero-order chi connectivity index (χ0) is 17.0. The Bertz CT molecular complexity index is 825. The standard InChI is InChI=1S/C15H16FN5O2S/c16-13-3-5-14(6-4-13)24(22,23)20-15-18-10-21(11-19-15)9-12-2-1-7-17-8-12/h1-8H,9-11H2,(H2,18,19,20). The molecule has 0 fully saturated rings. The number of nitrogens with zero attached hydrogens (tertiary/aromatic N) is 3. The fourth-order valence-corrected chi connectivity index (χ4v) is 3.19. The number of nitrogens with one attached hydrogen (secondary N) is 2. The highest BCUT2D eigenvalue weighted by Crippen LogP contribution is 2.10. The Balaban J connectivity index is 1.62. The molecule has 0 aliphatic carbocycles. The number of hydrogen-bond donors (Lipinski definition) is 2. The number of pyridine rings is 1. The normalized spacial score (nSPS) is 15.5. The second kappa shape index (κ2) is 6.93. The number of benzene rings is 1. The van der Waals surface area contributed by atoms with Crippen molar-refractivity contribution in [2.45, 2.75) is 11.4 Å². The van der Waals surface area contributed by atoms with Gasteiger partial charge in [-0.3, -0.25) is 9.88 Å². The van der Waals surface area contributed by atoms with Crippen molar-refractivity contribution >= 4 is 16.0 Å². The van der Waals surface area contributed by atoms with Crippen LogP contribution in [0.4, 0.5) is 4.39 Å². The summed E-state index contributed by atoms with van der Waals surface area (Å²) in [5.41, 5.74) is 1.05. The van der Waals surface area contributed by atoms with Crippen LogP contribution in [0.15, 0.2) is 58.7 Å². The topological polar surface area (TPSA) is 86.7 Å². The molecule has 0 radical (unpaired) electrons. The van der Waals surface area contributed by atoms with Crippen molar-refractivity contribution in [3.8, 4) is 0 Å². The van der Waals surface area contributed by atoms with Gasteiger partial charge in [-0.05, 0) is 35.9 Å². The summed E-state index contributed by atoms with van der Waals surface area (Å²) in [4.78, 5) is 10.2. The van der Waals surface area contributed by atoms with E-state index in [9.17, 15) is 12.8 Å². The Morgan fingerprint density at radius 2 is 2.04 bits per heavy atom. The molecule has 1 aliphatic heterocycles. The Morgan fingerprint density at radius 3 is 2.67 bits per heavy atom. The number of hydrogen-bond acceptors (Lipinski definition) is 6. The summed E-state index contributed by atoms with van der Waals surface area (Å²) in [7, 11) is -3.79. The second-order valence-corrected chi connectivity index (χ2v) is 6.92. The largest absolute Gasteiger partial charge is 0.343 e. The molecule has 2 aromatic rings. The van der Waals surface area contributed by atoms with Crippen molar-refractivity contribution in [2.75, 3.05) is 13.3 Å². The first-order valence-corrected chi connectivity index (χ1v) is 8.69. The van der Waals surface area contributed by atoms with Crippen molar-refractivity contribution in [1.29, 1.82) is 0 Å². The number of rotatable bonds is 4. The molecule has 24 heavy (non-hydrogen) atoms. The van der Waals surface area contributed by atoms with E-state index in [4.69, 9.17) is 0 Å². The molecule has 0 amide bonds. The fourth-order valence-electron chi connectivity index (χ4n) is 2.19. The summed E-state index contributed by atoms with van der Waals surface area (Å²) in [6.45, 7) is 1.45. The van der Waals surface area contributed by atoms with Gasteiger partial charge in [-0.25, -0.2) is 22.5 Å². The first-order valence-electron chi connectivity index (χ1n) is 7.21. The van der Waals surface area contributed by atoms with Crippen molar-refractivity contribution in [2.24, 2.45) is 4.99 Å². The molecule has 0 spiro atoms. The Hall–Kier alpha value is -2.52.